The highest BCUT2D eigenvalue weighted by molar-refractivity contribution is 6.33. The van der Waals surface area contributed by atoms with E-state index in [1.807, 2.05) is 12.1 Å². The first-order valence-electron chi connectivity index (χ1n) is 6.83. The van der Waals surface area contributed by atoms with Gasteiger partial charge in [0.15, 0.2) is 0 Å². The van der Waals surface area contributed by atoms with Crippen molar-refractivity contribution in [2.75, 3.05) is 17.6 Å². The summed E-state index contributed by atoms with van der Waals surface area (Å²) >= 11 is 11.4. The molecule has 138 valence electrons. The molecule has 0 saturated heterocycles. The second kappa shape index (κ2) is 14.4. The molecule has 0 saturated carbocycles. The number of carbonyl (C=O) groups excluding carboxylic acids is 1. The number of benzene rings is 2. The predicted octanol–water partition coefficient (Wildman–Crippen LogP) is 3.52. The zero-order valence-electron chi connectivity index (χ0n) is 13.6. The molecule has 2 rings (SSSR count). The number of para-hydroxylation sites is 2. The van der Waals surface area contributed by atoms with E-state index in [-0.39, 0.29) is 30.7 Å². The third-order valence-corrected chi connectivity index (χ3v) is 2.91. The lowest BCUT2D eigenvalue weighted by Crippen LogP contribution is -2.21. The van der Waals surface area contributed by atoms with Gasteiger partial charge in [0, 0.05) is 0 Å². The SMILES string of the molecule is CC(=N)N.Cl.NCC(=O)Nc1ccccc1Cl.Nc1ccccc1Cl. The van der Waals surface area contributed by atoms with Gasteiger partial charge in [0.05, 0.1) is 33.8 Å². The number of rotatable bonds is 2. The number of nitrogen functional groups attached to an aromatic ring is 1. The van der Waals surface area contributed by atoms with E-state index in [1.54, 1.807) is 36.4 Å². The van der Waals surface area contributed by atoms with Gasteiger partial charge in [-0.1, -0.05) is 47.5 Å². The quantitative estimate of drug-likeness (QED) is 0.296. The number of halogens is 3. The second-order valence-corrected chi connectivity index (χ2v) is 5.25. The summed E-state index contributed by atoms with van der Waals surface area (Å²) in [5.41, 5.74) is 16.4. The molecular formula is C16H22Cl3N5O. The van der Waals surface area contributed by atoms with Gasteiger partial charge in [0.2, 0.25) is 5.91 Å². The summed E-state index contributed by atoms with van der Waals surface area (Å²) in [6, 6.07) is 14.2. The number of carbonyl (C=O) groups is 1. The van der Waals surface area contributed by atoms with Crippen LogP contribution in [-0.4, -0.2) is 18.3 Å². The first-order valence-corrected chi connectivity index (χ1v) is 7.58. The summed E-state index contributed by atoms with van der Waals surface area (Å²) < 4.78 is 0. The number of nitrogens with one attached hydrogen (secondary N) is 2. The number of hydrogen-bond acceptors (Lipinski definition) is 4. The van der Waals surface area contributed by atoms with Crippen molar-refractivity contribution in [3.63, 3.8) is 0 Å². The minimum absolute atomic E-state index is 0. The number of hydrogen-bond donors (Lipinski definition) is 5. The lowest BCUT2D eigenvalue weighted by Gasteiger charge is -2.04. The summed E-state index contributed by atoms with van der Waals surface area (Å²) in [6.07, 6.45) is 0. The van der Waals surface area contributed by atoms with Gasteiger partial charge in [-0.05, 0) is 31.2 Å². The van der Waals surface area contributed by atoms with Gasteiger partial charge in [-0.3, -0.25) is 10.2 Å². The molecule has 0 aliphatic carbocycles. The Balaban J connectivity index is 0. The average molecular weight is 407 g/mol. The maximum Gasteiger partial charge on any atom is 0.238 e. The van der Waals surface area contributed by atoms with Crippen LogP contribution >= 0.6 is 35.6 Å². The normalized spacial score (nSPS) is 8.48. The topological polar surface area (TPSA) is 131 Å². The van der Waals surface area contributed by atoms with E-state index >= 15 is 0 Å². The van der Waals surface area contributed by atoms with Crippen molar-refractivity contribution in [3.8, 4) is 0 Å². The molecule has 0 aliphatic heterocycles. The predicted molar refractivity (Wildman–Crippen MR) is 110 cm³/mol. The standard InChI is InChI=1S/C8H9ClN2O.C6H6ClN.C2H6N2.ClH/c9-6-3-1-2-4-7(6)11-8(12)5-10;7-5-3-1-2-4-6(5)8;1-2(3)4;/h1-4H,5,10H2,(H,11,12);1-4H,8H2;1H3,(H3,3,4);1H. The Kier molecular flexibility index (Phi) is 14.5. The highest BCUT2D eigenvalue weighted by Crippen LogP contribution is 2.19. The van der Waals surface area contributed by atoms with Crippen LogP contribution in [0.5, 0.6) is 0 Å². The van der Waals surface area contributed by atoms with Gasteiger partial charge in [0.25, 0.3) is 0 Å². The summed E-state index contributed by atoms with van der Waals surface area (Å²) in [5, 5.41) is 9.97. The van der Waals surface area contributed by atoms with Crippen molar-refractivity contribution in [2.45, 2.75) is 6.92 Å². The van der Waals surface area contributed by atoms with Crippen LogP contribution in [0, 0.1) is 5.41 Å². The molecule has 8 N–H and O–H groups in total. The molecule has 0 atom stereocenters. The Labute approximate surface area is 163 Å². The Morgan fingerprint density at radius 2 is 1.52 bits per heavy atom. The van der Waals surface area contributed by atoms with Gasteiger partial charge in [-0.15, -0.1) is 12.4 Å². The van der Waals surface area contributed by atoms with Crippen molar-refractivity contribution in [1.82, 2.24) is 0 Å². The molecule has 1 amide bonds. The summed E-state index contributed by atoms with van der Waals surface area (Å²) in [4.78, 5) is 10.8. The molecule has 0 spiro atoms. The van der Waals surface area contributed by atoms with Crippen molar-refractivity contribution in [1.29, 1.82) is 5.41 Å². The van der Waals surface area contributed by atoms with E-state index in [9.17, 15) is 4.79 Å². The molecule has 0 aliphatic rings. The highest BCUT2D eigenvalue weighted by atomic mass is 35.5. The first kappa shape index (κ1) is 25.3. The summed E-state index contributed by atoms with van der Waals surface area (Å²) in [7, 11) is 0. The molecule has 0 radical (unpaired) electrons. The molecule has 0 heterocycles. The van der Waals surface area contributed by atoms with Crippen LogP contribution in [0.15, 0.2) is 48.5 Å². The van der Waals surface area contributed by atoms with Crippen molar-refractivity contribution in [2.24, 2.45) is 11.5 Å². The molecule has 2 aromatic carbocycles. The molecule has 25 heavy (non-hydrogen) atoms. The lowest BCUT2D eigenvalue weighted by molar-refractivity contribution is -0.114. The minimum atomic E-state index is -0.247. The van der Waals surface area contributed by atoms with Gasteiger partial charge in [-0.25, -0.2) is 0 Å². The van der Waals surface area contributed by atoms with Gasteiger partial charge in [0.1, 0.15) is 0 Å². The number of nitrogens with two attached hydrogens (primary N) is 3. The van der Waals surface area contributed by atoms with Crippen molar-refractivity contribution in [3.05, 3.63) is 58.6 Å². The van der Waals surface area contributed by atoms with Gasteiger partial charge in [-0.2, -0.15) is 0 Å². The van der Waals surface area contributed by atoms with Crippen molar-refractivity contribution >= 4 is 58.7 Å². The van der Waals surface area contributed by atoms with Crippen molar-refractivity contribution < 1.29 is 4.79 Å². The maximum atomic E-state index is 10.8. The van der Waals surface area contributed by atoms with E-state index in [2.05, 4.69) is 5.32 Å². The number of amidine groups is 1. The van der Waals surface area contributed by atoms with E-state index < -0.39 is 0 Å². The number of amides is 1. The molecule has 0 bridgehead atoms. The largest absolute Gasteiger partial charge is 0.398 e. The highest BCUT2D eigenvalue weighted by Gasteiger charge is 2.01. The Bertz CT molecular complexity index is 643. The van der Waals surface area contributed by atoms with Crippen LogP contribution < -0.4 is 22.5 Å². The molecule has 0 fully saturated rings. The molecular weight excluding hydrogens is 385 g/mol. The van der Waals surface area contributed by atoms with Crippen LogP contribution in [0.1, 0.15) is 6.92 Å². The maximum absolute atomic E-state index is 10.8. The van der Waals surface area contributed by atoms with Gasteiger partial charge >= 0.3 is 0 Å². The fraction of sp³-hybridized carbons (Fsp3) is 0.125. The van der Waals surface area contributed by atoms with Crippen LogP contribution in [0.25, 0.3) is 0 Å². The number of anilines is 2. The third-order valence-electron chi connectivity index (χ3n) is 2.24. The fourth-order valence-corrected chi connectivity index (χ4v) is 1.56. The zero-order chi connectivity index (χ0) is 18.5. The summed E-state index contributed by atoms with van der Waals surface area (Å²) in [5.74, 6) is -0.0805. The molecule has 0 unspecified atom stereocenters. The smallest absolute Gasteiger partial charge is 0.238 e. The first-order chi connectivity index (χ1) is 11.3. The Morgan fingerprint density at radius 3 is 1.88 bits per heavy atom. The van der Waals surface area contributed by atoms with Crippen LogP contribution in [0.3, 0.4) is 0 Å². The van der Waals surface area contributed by atoms with E-state index in [0.29, 0.717) is 21.4 Å². The van der Waals surface area contributed by atoms with Crippen LogP contribution in [0.4, 0.5) is 11.4 Å². The van der Waals surface area contributed by atoms with Crippen LogP contribution in [-0.2, 0) is 4.79 Å². The third kappa shape index (κ3) is 13.0. The Morgan fingerprint density at radius 1 is 1.08 bits per heavy atom. The van der Waals surface area contributed by atoms with Gasteiger partial charge < -0.3 is 22.5 Å². The molecule has 6 nitrogen and oxygen atoms in total. The van der Waals surface area contributed by atoms with E-state index in [4.69, 9.17) is 45.8 Å². The molecule has 2 aromatic rings. The minimum Gasteiger partial charge on any atom is -0.398 e. The second-order valence-electron chi connectivity index (χ2n) is 4.44. The molecule has 0 aromatic heterocycles. The lowest BCUT2D eigenvalue weighted by atomic mass is 10.3. The average Bonchev–Trinajstić information content (AvgIpc) is 2.52. The van der Waals surface area contributed by atoms with E-state index in [0.717, 1.165) is 0 Å². The van der Waals surface area contributed by atoms with Crippen LogP contribution in [0.2, 0.25) is 10.0 Å². The molecule has 9 heteroatoms. The Hall–Kier alpha value is -1.99. The zero-order valence-corrected chi connectivity index (χ0v) is 16.0. The fourth-order valence-electron chi connectivity index (χ4n) is 1.24. The summed E-state index contributed by atoms with van der Waals surface area (Å²) in [6.45, 7) is 1.49. The monoisotopic (exact) mass is 405 g/mol. The van der Waals surface area contributed by atoms with E-state index in [1.165, 1.54) is 6.92 Å².